The third-order valence-electron chi connectivity index (χ3n) is 10.7. The van der Waals surface area contributed by atoms with E-state index in [4.69, 9.17) is 13.8 Å². The molecule has 0 aliphatic carbocycles. The van der Waals surface area contributed by atoms with Gasteiger partial charge in [-0.25, -0.2) is 4.57 Å². The lowest BCUT2D eigenvalue weighted by atomic mass is 10.0. The summed E-state index contributed by atoms with van der Waals surface area (Å²) in [6.07, 6.45) is 61.5. The normalized spacial score (nSPS) is 13.8. The molecule has 0 saturated heterocycles. The van der Waals surface area contributed by atoms with E-state index in [1.54, 1.807) is 0 Å². The zero-order valence-electron chi connectivity index (χ0n) is 40.3. The number of aliphatic hydroxyl groups excluding tert-OH is 1. The Hall–Kier alpha value is -2.55. The number of phosphoric ester groups is 1. The van der Waals surface area contributed by atoms with Crippen LogP contribution in [0.1, 0.15) is 219 Å². The summed E-state index contributed by atoms with van der Waals surface area (Å²) in [5, 5.41) is 12.7. The standard InChI is InChI=1S/C53H94NO8P/c1-3-5-7-9-11-13-15-17-19-21-23-24-25-26-28-30-32-34-36-38-40-42-44-46-53(57)60-49-51(55)50-62-63(58,59)61-48-47-54-52(56)45-43-41-39-37-35-33-31-29-27-22-20-18-16-14-12-10-8-6-4-2/h6,8,12,14,18,20,27,29,33,35,39,41,51,55H,3-5,7,9-11,13,15-17,19,21-26,28,30-32,34,36-38,40,42-50H2,1-2H3,(H,54,56)(H,58,59)/b8-6-,14-12-,20-18-,29-27-,35-33-,41-39-. The van der Waals surface area contributed by atoms with Crippen LogP contribution in [0.15, 0.2) is 72.9 Å². The van der Waals surface area contributed by atoms with Gasteiger partial charge in [0, 0.05) is 19.4 Å². The number of hydrogen-bond acceptors (Lipinski definition) is 7. The second-order valence-corrected chi connectivity index (χ2v) is 18.2. The van der Waals surface area contributed by atoms with Crippen LogP contribution in [0.2, 0.25) is 0 Å². The number of allylic oxidation sites excluding steroid dienone is 12. The van der Waals surface area contributed by atoms with Crippen molar-refractivity contribution in [2.75, 3.05) is 26.4 Å². The molecule has 2 unspecified atom stereocenters. The lowest BCUT2D eigenvalue weighted by Crippen LogP contribution is -2.27. The van der Waals surface area contributed by atoms with Gasteiger partial charge in [0.05, 0.1) is 13.2 Å². The number of esters is 1. The van der Waals surface area contributed by atoms with E-state index in [1.807, 2.05) is 12.2 Å². The zero-order valence-corrected chi connectivity index (χ0v) is 41.1. The van der Waals surface area contributed by atoms with Crippen molar-refractivity contribution in [2.24, 2.45) is 0 Å². The van der Waals surface area contributed by atoms with Crippen LogP contribution in [0, 0.1) is 0 Å². The first-order chi connectivity index (χ1) is 30.8. The fourth-order valence-corrected chi connectivity index (χ4v) is 7.63. The minimum Gasteiger partial charge on any atom is -0.463 e. The molecule has 10 heteroatoms. The van der Waals surface area contributed by atoms with Crippen molar-refractivity contribution in [1.82, 2.24) is 5.32 Å². The number of carbonyl (C=O) groups excluding carboxylic acids is 2. The predicted octanol–water partition coefficient (Wildman–Crippen LogP) is 15.0. The van der Waals surface area contributed by atoms with Crippen LogP contribution < -0.4 is 5.32 Å². The van der Waals surface area contributed by atoms with Gasteiger partial charge in [-0.05, 0) is 51.4 Å². The Morgan fingerprint density at radius 3 is 1.30 bits per heavy atom. The van der Waals surface area contributed by atoms with Crippen LogP contribution >= 0.6 is 7.82 Å². The molecule has 0 radical (unpaired) electrons. The first-order valence-electron chi connectivity index (χ1n) is 25.4. The van der Waals surface area contributed by atoms with Crippen molar-refractivity contribution in [3.05, 3.63) is 72.9 Å². The van der Waals surface area contributed by atoms with Crippen molar-refractivity contribution < 1.29 is 37.9 Å². The summed E-state index contributed by atoms with van der Waals surface area (Å²) in [7, 11) is -4.44. The Morgan fingerprint density at radius 1 is 0.508 bits per heavy atom. The van der Waals surface area contributed by atoms with Crippen LogP contribution in [0.5, 0.6) is 0 Å². The maximum absolute atomic E-state index is 12.1. The van der Waals surface area contributed by atoms with Gasteiger partial charge in [-0.1, -0.05) is 228 Å². The summed E-state index contributed by atoms with van der Waals surface area (Å²) in [5.74, 6) is -0.600. The maximum atomic E-state index is 12.1. The second-order valence-electron chi connectivity index (χ2n) is 16.8. The highest BCUT2D eigenvalue weighted by atomic mass is 31.2. The summed E-state index contributed by atoms with van der Waals surface area (Å²) >= 11 is 0. The van der Waals surface area contributed by atoms with E-state index < -0.39 is 26.5 Å². The van der Waals surface area contributed by atoms with Gasteiger partial charge in [0.2, 0.25) is 5.91 Å². The van der Waals surface area contributed by atoms with Crippen LogP contribution in [-0.4, -0.2) is 54.3 Å². The quantitative estimate of drug-likeness (QED) is 0.0238. The molecule has 1 amide bonds. The van der Waals surface area contributed by atoms with Crippen molar-refractivity contribution >= 4 is 19.7 Å². The minimum atomic E-state index is -4.44. The van der Waals surface area contributed by atoms with Gasteiger partial charge in [0.1, 0.15) is 12.7 Å². The van der Waals surface area contributed by atoms with E-state index in [1.165, 1.54) is 128 Å². The Bertz CT molecular complexity index is 1260. The summed E-state index contributed by atoms with van der Waals surface area (Å²) in [6.45, 7) is 3.37. The SMILES string of the molecule is CC/C=C\C/C=C\C/C=C\C/C=C\C/C=C\C/C=C\CCC(=O)NCCOP(=O)(O)OCC(O)COC(=O)CCCCCCCCCCCCCCCCCCCCCCCCC. The van der Waals surface area contributed by atoms with Crippen LogP contribution in [-0.2, 0) is 27.9 Å². The van der Waals surface area contributed by atoms with Crippen LogP contribution in [0.25, 0.3) is 0 Å². The van der Waals surface area contributed by atoms with Gasteiger partial charge in [-0.3, -0.25) is 18.6 Å². The molecule has 9 nitrogen and oxygen atoms in total. The molecule has 0 aliphatic heterocycles. The molecule has 0 aliphatic rings. The molecule has 2 atom stereocenters. The number of nitrogens with one attached hydrogen (secondary N) is 1. The monoisotopic (exact) mass is 904 g/mol. The third kappa shape index (κ3) is 50.3. The molecule has 0 rings (SSSR count). The highest BCUT2D eigenvalue weighted by molar-refractivity contribution is 7.47. The first-order valence-corrected chi connectivity index (χ1v) is 26.9. The van der Waals surface area contributed by atoms with E-state index in [-0.39, 0.29) is 32.1 Å². The van der Waals surface area contributed by atoms with Crippen LogP contribution in [0.4, 0.5) is 0 Å². The molecule has 0 aromatic rings. The highest BCUT2D eigenvalue weighted by Gasteiger charge is 2.23. The Kier molecular flexibility index (Phi) is 46.9. The summed E-state index contributed by atoms with van der Waals surface area (Å²) in [6, 6.07) is 0. The maximum Gasteiger partial charge on any atom is 0.472 e. The average Bonchev–Trinajstić information content (AvgIpc) is 3.27. The molecular formula is C53H94NO8P. The fourth-order valence-electron chi connectivity index (χ4n) is 6.88. The van der Waals surface area contributed by atoms with Crippen molar-refractivity contribution in [2.45, 2.75) is 225 Å². The topological polar surface area (TPSA) is 131 Å². The summed E-state index contributed by atoms with van der Waals surface area (Å²) in [4.78, 5) is 34.0. The highest BCUT2D eigenvalue weighted by Crippen LogP contribution is 2.42. The average molecular weight is 904 g/mol. The summed E-state index contributed by atoms with van der Waals surface area (Å²) < 4.78 is 26.9. The molecule has 0 heterocycles. The lowest BCUT2D eigenvalue weighted by molar-refractivity contribution is -0.147. The molecule has 0 bridgehead atoms. The van der Waals surface area contributed by atoms with Gasteiger partial charge < -0.3 is 20.1 Å². The molecular weight excluding hydrogens is 810 g/mol. The van der Waals surface area contributed by atoms with Gasteiger partial charge in [-0.15, -0.1) is 0 Å². The zero-order chi connectivity index (χ0) is 46.0. The number of carbonyl (C=O) groups is 2. The van der Waals surface area contributed by atoms with Gasteiger partial charge in [0.25, 0.3) is 0 Å². The minimum absolute atomic E-state index is 0.0379. The Balaban J connectivity index is 3.62. The largest absolute Gasteiger partial charge is 0.472 e. The third-order valence-corrected chi connectivity index (χ3v) is 11.6. The number of unbranched alkanes of at least 4 members (excludes halogenated alkanes) is 22. The van der Waals surface area contributed by atoms with Gasteiger partial charge in [0.15, 0.2) is 0 Å². The van der Waals surface area contributed by atoms with Crippen molar-refractivity contribution in [3.63, 3.8) is 0 Å². The van der Waals surface area contributed by atoms with Crippen LogP contribution in [0.3, 0.4) is 0 Å². The number of amides is 1. The molecule has 0 aromatic heterocycles. The number of rotatable bonds is 47. The smallest absolute Gasteiger partial charge is 0.463 e. The molecule has 0 aromatic carbocycles. The van der Waals surface area contributed by atoms with E-state index in [9.17, 15) is 24.2 Å². The molecule has 3 N–H and O–H groups in total. The van der Waals surface area contributed by atoms with Crippen molar-refractivity contribution in [3.8, 4) is 0 Å². The fraction of sp³-hybridized carbons (Fsp3) is 0.736. The number of ether oxygens (including phenoxy) is 1. The van der Waals surface area contributed by atoms with E-state index >= 15 is 0 Å². The first kappa shape index (κ1) is 60.5. The number of aliphatic hydroxyl groups is 1. The lowest BCUT2D eigenvalue weighted by Gasteiger charge is -2.15. The number of hydrogen-bond donors (Lipinski definition) is 3. The number of phosphoric acid groups is 1. The molecule has 0 saturated carbocycles. The van der Waals surface area contributed by atoms with E-state index in [0.29, 0.717) is 12.8 Å². The van der Waals surface area contributed by atoms with Gasteiger partial charge in [-0.2, -0.15) is 0 Å². The Morgan fingerprint density at radius 2 is 0.889 bits per heavy atom. The second kappa shape index (κ2) is 48.9. The molecule has 0 fully saturated rings. The molecule has 364 valence electrons. The Labute approximate surface area is 386 Å². The summed E-state index contributed by atoms with van der Waals surface area (Å²) in [5.41, 5.74) is 0. The molecule has 0 spiro atoms. The molecule has 63 heavy (non-hydrogen) atoms. The van der Waals surface area contributed by atoms with E-state index in [0.717, 1.165) is 57.8 Å². The van der Waals surface area contributed by atoms with Crippen molar-refractivity contribution in [1.29, 1.82) is 0 Å². The predicted molar refractivity (Wildman–Crippen MR) is 266 cm³/mol. The van der Waals surface area contributed by atoms with E-state index in [2.05, 4.69) is 79.9 Å². The van der Waals surface area contributed by atoms with Gasteiger partial charge >= 0.3 is 13.8 Å².